The van der Waals surface area contributed by atoms with E-state index in [4.69, 9.17) is 10.2 Å². The Balaban J connectivity index is 1.73. The van der Waals surface area contributed by atoms with Crippen LogP contribution in [0.3, 0.4) is 0 Å². The van der Waals surface area contributed by atoms with E-state index in [2.05, 4.69) is 15.3 Å². The highest BCUT2D eigenvalue weighted by atomic mass is 16.4. The van der Waals surface area contributed by atoms with Gasteiger partial charge >= 0.3 is 0 Å². The molecule has 0 unspecified atom stereocenters. The number of rotatable bonds is 4. The number of carbonyl (C=O) groups is 1. The smallest absolute Gasteiger partial charge is 0.268 e. The summed E-state index contributed by atoms with van der Waals surface area (Å²) in [5.74, 6) is 1.08. The highest BCUT2D eigenvalue weighted by Crippen LogP contribution is 2.21. The van der Waals surface area contributed by atoms with Crippen molar-refractivity contribution in [3.63, 3.8) is 0 Å². The van der Waals surface area contributed by atoms with Crippen molar-refractivity contribution in [2.45, 2.75) is 19.9 Å². The van der Waals surface area contributed by atoms with Gasteiger partial charge in [-0.3, -0.25) is 4.79 Å². The number of aromatic nitrogens is 2. The number of nitrogen functional groups attached to an aromatic ring is 1. The van der Waals surface area contributed by atoms with E-state index in [-0.39, 0.29) is 12.5 Å². The zero-order chi connectivity index (χ0) is 14.8. The molecule has 0 fully saturated rings. The van der Waals surface area contributed by atoms with Crippen molar-refractivity contribution in [2.24, 2.45) is 0 Å². The number of fused-ring (bicyclic) bond motifs is 1. The average molecular weight is 284 g/mol. The minimum absolute atomic E-state index is 0.221. The van der Waals surface area contributed by atoms with Crippen molar-refractivity contribution in [3.8, 4) is 0 Å². The third-order valence-corrected chi connectivity index (χ3v) is 3.28. The minimum atomic E-state index is -0.221. The molecule has 0 aliphatic carbocycles. The van der Waals surface area contributed by atoms with E-state index >= 15 is 0 Å². The molecule has 0 radical (unpaired) electrons. The normalized spacial score (nSPS) is 10.9. The fourth-order valence-electron chi connectivity index (χ4n) is 2.15. The summed E-state index contributed by atoms with van der Waals surface area (Å²) in [6.07, 6.45) is 2.45. The Kier molecular flexibility index (Phi) is 3.35. The molecule has 6 nitrogen and oxygen atoms in total. The van der Waals surface area contributed by atoms with Gasteiger partial charge in [0.05, 0.1) is 23.9 Å². The van der Waals surface area contributed by atoms with Gasteiger partial charge in [0, 0.05) is 11.8 Å². The van der Waals surface area contributed by atoms with Crippen LogP contribution >= 0.6 is 0 Å². The van der Waals surface area contributed by atoms with E-state index in [0.29, 0.717) is 17.3 Å². The number of aryl methyl sites for hydroxylation is 1. The first-order valence-corrected chi connectivity index (χ1v) is 6.76. The largest absolute Gasteiger partial charge is 0.444 e. The molecule has 2 aromatic heterocycles. The Labute approximate surface area is 121 Å². The quantitative estimate of drug-likeness (QED) is 0.640. The van der Waals surface area contributed by atoms with Crippen molar-refractivity contribution in [1.29, 1.82) is 0 Å². The van der Waals surface area contributed by atoms with Crippen LogP contribution in [-0.2, 0) is 13.0 Å². The maximum Gasteiger partial charge on any atom is 0.268 e. The lowest BCUT2D eigenvalue weighted by Crippen LogP contribution is -2.23. The molecule has 2 heterocycles. The van der Waals surface area contributed by atoms with Crippen LogP contribution in [0.15, 0.2) is 34.9 Å². The van der Waals surface area contributed by atoms with Crippen LogP contribution in [0.5, 0.6) is 0 Å². The molecule has 0 bridgehead atoms. The first kappa shape index (κ1) is 13.2. The number of amides is 1. The highest BCUT2D eigenvalue weighted by Gasteiger charge is 2.11. The topological polar surface area (TPSA) is 96.9 Å². The van der Waals surface area contributed by atoms with Crippen LogP contribution < -0.4 is 11.1 Å². The average Bonchev–Trinajstić information content (AvgIpc) is 3.12. The molecule has 0 spiro atoms. The maximum atomic E-state index is 12.1. The van der Waals surface area contributed by atoms with Gasteiger partial charge in [-0.25, -0.2) is 4.98 Å². The van der Waals surface area contributed by atoms with E-state index < -0.39 is 0 Å². The number of H-pyrrole nitrogens is 1. The second-order valence-corrected chi connectivity index (χ2v) is 4.75. The van der Waals surface area contributed by atoms with Crippen molar-refractivity contribution in [1.82, 2.24) is 15.3 Å². The SMILES string of the molecule is CCc1cnc(CNC(=O)c2cc3cccc(N)c3[nH]2)o1. The van der Waals surface area contributed by atoms with Crippen molar-refractivity contribution >= 4 is 22.5 Å². The first-order valence-electron chi connectivity index (χ1n) is 6.76. The third-order valence-electron chi connectivity index (χ3n) is 3.28. The van der Waals surface area contributed by atoms with Gasteiger partial charge in [-0.05, 0) is 12.1 Å². The monoisotopic (exact) mass is 284 g/mol. The number of carbonyl (C=O) groups excluding carboxylic acids is 1. The van der Waals surface area contributed by atoms with Crippen molar-refractivity contribution < 1.29 is 9.21 Å². The molecule has 0 atom stereocenters. The molecule has 3 rings (SSSR count). The number of anilines is 1. The van der Waals surface area contributed by atoms with Gasteiger partial charge in [0.25, 0.3) is 5.91 Å². The molecule has 1 aromatic carbocycles. The number of para-hydroxylation sites is 1. The summed E-state index contributed by atoms with van der Waals surface area (Å²) < 4.78 is 5.44. The van der Waals surface area contributed by atoms with E-state index in [1.165, 1.54) is 0 Å². The molecule has 0 aliphatic rings. The molecular weight excluding hydrogens is 268 g/mol. The molecule has 0 aliphatic heterocycles. The summed E-state index contributed by atoms with van der Waals surface area (Å²) in [5, 5.41) is 3.67. The Bertz CT molecular complexity index is 788. The zero-order valence-electron chi connectivity index (χ0n) is 11.6. The van der Waals surface area contributed by atoms with Crippen LogP contribution in [0.1, 0.15) is 29.1 Å². The van der Waals surface area contributed by atoms with Gasteiger partial charge in [0.2, 0.25) is 5.89 Å². The number of hydrogen-bond donors (Lipinski definition) is 3. The zero-order valence-corrected chi connectivity index (χ0v) is 11.6. The van der Waals surface area contributed by atoms with Gasteiger partial charge < -0.3 is 20.5 Å². The Hall–Kier alpha value is -2.76. The number of oxazole rings is 1. The fourth-order valence-corrected chi connectivity index (χ4v) is 2.15. The maximum absolute atomic E-state index is 12.1. The second kappa shape index (κ2) is 5.32. The third kappa shape index (κ3) is 2.60. The predicted octanol–water partition coefficient (Wildman–Crippen LogP) is 2.23. The first-order chi connectivity index (χ1) is 10.2. The van der Waals surface area contributed by atoms with E-state index in [1.54, 1.807) is 18.3 Å². The molecule has 6 heteroatoms. The number of nitrogens with one attached hydrogen (secondary N) is 2. The van der Waals surface area contributed by atoms with Gasteiger partial charge in [-0.15, -0.1) is 0 Å². The Morgan fingerprint density at radius 1 is 1.48 bits per heavy atom. The summed E-state index contributed by atoms with van der Waals surface area (Å²) in [4.78, 5) is 19.2. The lowest BCUT2D eigenvalue weighted by molar-refractivity contribution is 0.0943. The van der Waals surface area contributed by atoms with Crippen LogP contribution in [0, 0.1) is 0 Å². The molecule has 0 saturated heterocycles. The van der Waals surface area contributed by atoms with E-state index in [1.807, 2.05) is 19.1 Å². The summed E-state index contributed by atoms with van der Waals surface area (Å²) in [6.45, 7) is 2.24. The Morgan fingerprint density at radius 3 is 3.05 bits per heavy atom. The van der Waals surface area contributed by atoms with Crippen LogP contribution in [0.2, 0.25) is 0 Å². The molecule has 108 valence electrons. The lowest BCUT2D eigenvalue weighted by Gasteiger charge is -2.00. The van der Waals surface area contributed by atoms with E-state index in [0.717, 1.165) is 23.1 Å². The molecule has 21 heavy (non-hydrogen) atoms. The highest BCUT2D eigenvalue weighted by molar-refractivity contribution is 6.00. The summed E-state index contributed by atoms with van der Waals surface area (Å²) in [5.41, 5.74) is 7.72. The summed E-state index contributed by atoms with van der Waals surface area (Å²) >= 11 is 0. The number of benzene rings is 1. The number of nitrogens with zero attached hydrogens (tertiary/aromatic N) is 1. The van der Waals surface area contributed by atoms with Crippen molar-refractivity contribution in [2.75, 3.05) is 5.73 Å². The van der Waals surface area contributed by atoms with Crippen LogP contribution in [-0.4, -0.2) is 15.9 Å². The van der Waals surface area contributed by atoms with E-state index in [9.17, 15) is 4.79 Å². The second-order valence-electron chi connectivity index (χ2n) is 4.75. The predicted molar refractivity (Wildman–Crippen MR) is 79.8 cm³/mol. The summed E-state index contributed by atoms with van der Waals surface area (Å²) in [7, 11) is 0. The molecule has 0 saturated carbocycles. The molecule has 3 aromatic rings. The minimum Gasteiger partial charge on any atom is -0.444 e. The van der Waals surface area contributed by atoms with Crippen LogP contribution in [0.25, 0.3) is 10.9 Å². The number of nitrogens with two attached hydrogens (primary N) is 1. The Morgan fingerprint density at radius 2 is 2.33 bits per heavy atom. The van der Waals surface area contributed by atoms with Gasteiger partial charge in [-0.1, -0.05) is 19.1 Å². The van der Waals surface area contributed by atoms with Gasteiger partial charge in [0.15, 0.2) is 0 Å². The fraction of sp³-hybridized carbons (Fsp3) is 0.200. The standard InChI is InChI=1S/C15H16N4O2/c1-2-10-7-17-13(21-10)8-18-15(20)12-6-9-4-3-5-11(16)14(9)19-12/h3-7,19H,2,8,16H2,1H3,(H,18,20). The molecule has 1 amide bonds. The van der Waals surface area contributed by atoms with Crippen LogP contribution in [0.4, 0.5) is 5.69 Å². The van der Waals surface area contributed by atoms with Gasteiger partial charge in [-0.2, -0.15) is 0 Å². The van der Waals surface area contributed by atoms with Crippen molar-refractivity contribution in [3.05, 3.63) is 47.8 Å². The summed E-state index contributed by atoms with van der Waals surface area (Å²) in [6, 6.07) is 7.32. The lowest BCUT2D eigenvalue weighted by atomic mass is 10.2. The van der Waals surface area contributed by atoms with Gasteiger partial charge in [0.1, 0.15) is 11.5 Å². The number of aromatic amines is 1. The number of hydrogen-bond acceptors (Lipinski definition) is 4. The molecular formula is C15H16N4O2. The molecule has 4 N–H and O–H groups in total.